The van der Waals surface area contributed by atoms with Crippen molar-refractivity contribution in [2.45, 2.75) is 51.5 Å². The largest absolute Gasteiger partial charge is 0.323 e. The summed E-state index contributed by atoms with van der Waals surface area (Å²) in [7, 11) is 0. The second-order valence-corrected chi connectivity index (χ2v) is 8.41. The fourth-order valence-electron chi connectivity index (χ4n) is 4.35. The topological polar surface area (TPSA) is 41.6 Å². The number of hydrogen-bond acceptors (Lipinski definition) is 2. The Balaban J connectivity index is 1.67. The van der Waals surface area contributed by atoms with E-state index in [1.54, 1.807) is 0 Å². The molecule has 3 nitrogen and oxygen atoms in total. The molecule has 0 atom stereocenters. The van der Waals surface area contributed by atoms with E-state index in [1.807, 2.05) is 0 Å². The quantitative estimate of drug-likeness (QED) is 0.224. The van der Waals surface area contributed by atoms with Crippen LogP contribution in [0.25, 0.3) is 33.9 Å². The lowest BCUT2D eigenvalue weighted by Gasteiger charge is -2.13. The van der Waals surface area contributed by atoms with Crippen molar-refractivity contribution in [1.29, 1.82) is 5.26 Å². The summed E-state index contributed by atoms with van der Waals surface area (Å²) in [5, 5.41) is 8.70. The van der Waals surface area contributed by atoms with Gasteiger partial charge in [-0.15, -0.1) is 0 Å². The van der Waals surface area contributed by atoms with E-state index in [-0.39, 0.29) is 0 Å². The smallest absolute Gasteiger partial charge is 0.141 e. The molecule has 1 heterocycles. The van der Waals surface area contributed by atoms with Crippen LogP contribution in [-0.4, -0.2) is 9.55 Å². The number of aromatic nitrogens is 2. The number of hydrogen-bond donors (Lipinski definition) is 0. The predicted octanol–water partition coefficient (Wildman–Crippen LogP) is 8.14. The third-order valence-corrected chi connectivity index (χ3v) is 6.01. The van der Waals surface area contributed by atoms with Gasteiger partial charge in [0.2, 0.25) is 0 Å². The lowest BCUT2D eigenvalue weighted by Crippen LogP contribution is -2.03. The van der Waals surface area contributed by atoms with Gasteiger partial charge in [0, 0.05) is 29.7 Å². The van der Waals surface area contributed by atoms with Gasteiger partial charge in [0.1, 0.15) is 5.82 Å². The molecule has 33 heavy (non-hydrogen) atoms. The third kappa shape index (κ3) is 5.79. The lowest BCUT2D eigenvalue weighted by atomic mass is 10.0. The number of imidazole rings is 1. The number of rotatable bonds is 11. The highest BCUT2D eigenvalue weighted by atomic mass is 15.1. The first-order valence-corrected chi connectivity index (χ1v) is 12.0. The van der Waals surface area contributed by atoms with Crippen molar-refractivity contribution in [3.63, 3.8) is 0 Å². The first kappa shape index (κ1) is 22.6. The number of benzene rings is 3. The molecular formula is C30H31N3. The molecule has 0 saturated carbocycles. The maximum absolute atomic E-state index is 8.70. The summed E-state index contributed by atoms with van der Waals surface area (Å²) in [6, 6.07) is 33.9. The zero-order valence-electron chi connectivity index (χ0n) is 19.2. The Bertz CT molecular complexity index is 1160. The van der Waals surface area contributed by atoms with Crippen LogP contribution in [0.2, 0.25) is 0 Å². The summed E-state index contributed by atoms with van der Waals surface area (Å²) in [6.45, 7) is 0.937. The van der Waals surface area contributed by atoms with E-state index in [4.69, 9.17) is 10.2 Å². The van der Waals surface area contributed by atoms with E-state index < -0.39 is 0 Å². The molecule has 3 aromatic carbocycles. The minimum atomic E-state index is 0.679. The molecule has 0 radical (unpaired) electrons. The van der Waals surface area contributed by atoms with Crippen LogP contribution in [0.4, 0.5) is 0 Å². The van der Waals surface area contributed by atoms with Gasteiger partial charge in [-0.2, -0.15) is 5.26 Å². The van der Waals surface area contributed by atoms with Crippen LogP contribution in [0, 0.1) is 11.3 Å². The van der Waals surface area contributed by atoms with Crippen molar-refractivity contribution in [3.8, 4) is 40.0 Å². The molecule has 0 aliphatic rings. The average molecular weight is 434 g/mol. The summed E-state index contributed by atoms with van der Waals surface area (Å²) in [4.78, 5) is 5.21. The van der Waals surface area contributed by atoms with Crippen molar-refractivity contribution in [3.05, 3.63) is 91.0 Å². The number of nitriles is 1. The Labute approximate surface area is 197 Å². The molecule has 0 aliphatic carbocycles. The standard InChI is InChI=1S/C30H31N3/c31-23-15-4-2-1-3-5-16-24-33-29(26-19-11-7-12-20-26)28(25-17-9-6-10-18-25)32-30(33)27-21-13-8-14-22-27/h6-14,17-22H,1-5,15-16,24H2. The highest BCUT2D eigenvalue weighted by molar-refractivity contribution is 5.82. The average Bonchev–Trinajstić information content (AvgIpc) is 3.26. The number of nitrogens with zero attached hydrogens (tertiary/aromatic N) is 3. The minimum absolute atomic E-state index is 0.679. The molecule has 0 bridgehead atoms. The molecule has 4 aromatic rings. The molecule has 0 N–H and O–H groups in total. The van der Waals surface area contributed by atoms with E-state index in [0.717, 1.165) is 48.5 Å². The normalized spacial score (nSPS) is 10.8. The fraction of sp³-hybridized carbons (Fsp3) is 0.267. The van der Waals surface area contributed by atoms with Crippen molar-refractivity contribution in [1.82, 2.24) is 9.55 Å². The molecule has 0 saturated heterocycles. The Morgan fingerprint density at radius 1 is 0.606 bits per heavy atom. The van der Waals surface area contributed by atoms with Gasteiger partial charge >= 0.3 is 0 Å². The third-order valence-electron chi connectivity index (χ3n) is 6.01. The molecule has 0 fully saturated rings. The van der Waals surface area contributed by atoms with Crippen molar-refractivity contribution in [2.24, 2.45) is 0 Å². The Morgan fingerprint density at radius 2 is 1.12 bits per heavy atom. The molecule has 0 amide bonds. The maximum Gasteiger partial charge on any atom is 0.141 e. The minimum Gasteiger partial charge on any atom is -0.323 e. The van der Waals surface area contributed by atoms with Crippen molar-refractivity contribution >= 4 is 0 Å². The Hall–Kier alpha value is -3.64. The zero-order chi connectivity index (χ0) is 22.7. The first-order valence-electron chi connectivity index (χ1n) is 12.0. The monoisotopic (exact) mass is 433 g/mol. The second-order valence-electron chi connectivity index (χ2n) is 8.41. The summed E-state index contributed by atoms with van der Waals surface area (Å²) in [5.41, 5.74) is 5.72. The summed E-state index contributed by atoms with van der Waals surface area (Å²) in [6.07, 6.45) is 7.58. The molecular weight excluding hydrogens is 402 g/mol. The molecule has 4 rings (SSSR count). The maximum atomic E-state index is 8.70. The fourth-order valence-corrected chi connectivity index (χ4v) is 4.35. The van der Waals surface area contributed by atoms with Gasteiger partial charge < -0.3 is 4.57 Å². The predicted molar refractivity (Wildman–Crippen MR) is 136 cm³/mol. The first-order chi connectivity index (χ1) is 16.4. The van der Waals surface area contributed by atoms with E-state index in [0.29, 0.717) is 6.42 Å². The van der Waals surface area contributed by atoms with Crippen LogP contribution in [0.1, 0.15) is 44.9 Å². The van der Waals surface area contributed by atoms with E-state index in [1.165, 1.54) is 30.5 Å². The van der Waals surface area contributed by atoms with Crippen LogP contribution >= 0.6 is 0 Å². The van der Waals surface area contributed by atoms with Crippen LogP contribution in [-0.2, 0) is 6.54 Å². The van der Waals surface area contributed by atoms with Crippen LogP contribution in [0.15, 0.2) is 91.0 Å². The Kier molecular flexibility index (Phi) is 8.08. The van der Waals surface area contributed by atoms with Crippen LogP contribution in [0.3, 0.4) is 0 Å². The van der Waals surface area contributed by atoms with Gasteiger partial charge in [0.15, 0.2) is 0 Å². The van der Waals surface area contributed by atoms with E-state index >= 15 is 0 Å². The van der Waals surface area contributed by atoms with E-state index in [2.05, 4.69) is 102 Å². The molecule has 1 aromatic heterocycles. The van der Waals surface area contributed by atoms with Gasteiger partial charge in [-0.25, -0.2) is 4.98 Å². The van der Waals surface area contributed by atoms with Crippen LogP contribution < -0.4 is 0 Å². The molecule has 0 spiro atoms. The molecule has 0 unspecified atom stereocenters. The van der Waals surface area contributed by atoms with E-state index in [9.17, 15) is 0 Å². The Morgan fingerprint density at radius 3 is 1.73 bits per heavy atom. The zero-order valence-corrected chi connectivity index (χ0v) is 19.2. The second kappa shape index (κ2) is 11.8. The SMILES string of the molecule is N#CCCCCCCCCn1c(-c2ccccc2)nc(-c2ccccc2)c1-c1ccccc1. The molecule has 0 aliphatic heterocycles. The van der Waals surface area contributed by atoms with Gasteiger partial charge in [-0.1, -0.05) is 117 Å². The van der Waals surface area contributed by atoms with Gasteiger partial charge in [-0.05, 0) is 12.8 Å². The van der Waals surface area contributed by atoms with Gasteiger partial charge in [0.05, 0.1) is 17.5 Å². The van der Waals surface area contributed by atoms with Crippen molar-refractivity contribution < 1.29 is 0 Å². The highest BCUT2D eigenvalue weighted by Crippen LogP contribution is 2.36. The lowest BCUT2D eigenvalue weighted by molar-refractivity contribution is 0.558. The van der Waals surface area contributed by atoms with Gasteiger partial charge in [0.25, 0.3) is 0 Å². The number of unbranched alkanes of at least 4 members (excludes halogenated alkanes) is 6. The molecule has 166 valence electrons. The summed E-state index contributed by atoms with van der Waals surface area (Å²) >= 11 is 0. The van der Waals surface area contributed by atoms with Crippen molar-refractivity contribution in [2.75, 3.05) is 0 Å². The molecule has 3 heteroatoms. The van der Waals surface area contributed by atoms with Crippen LogP contribution in [0.5, 0.6) is 0 Å². The highest BCUT2D eigenvalue weighted by Gasteiger charge is 2.20. The van der Waals surface area contributed by atoms with Gasteiger partial charge in [-0.3, -0.25) is 0 Å². The summed E-state index contributed by atoms with van der Waals surface area (Å²) in [5.74, 6) is 1.03. The summed E-state index contributed by atoms with van der Waals surface area (Å²) < 4.78 is 2.42.